The molecule has 0 saturated carbocycles. The minimum absolute atomic E-state index is 0.159. The van der Waals surface area contributed by atoms with E-state index in [9.17, 15) is 10.1 Å². The molecule has 104 valence electrons. The first-order valence-corrected chi connectivity index (χ1v) is 6.14. The molecule has 0 saturated heterocycles. The quantitative estimate of drug-likeness (QED) is 0.506. The van der Waals surface area contributed by atoms with Gasteiger partial charge in [0.05, 0.1) is 21.7 Å². The third-order valence-corrected chi connectivity index (χ3v) is 2.94. The minimum atomic E-state index is -0.548. The van der Waals surface area contributed by atoms with Gasteiger partial charge >= 0.3 is 0 Å². The molecule has 20 heavy (non-hydrogen) atoms. The summed E-state index contributed by atoms with van der Waals surface area (Å²) in [6.45, 7) is 0. The largest absolute Gasteiger partial charge is 0.455 e. The van der Waals surface area contributed by atoms with E-state index in [1.165, 1.54) is 24.3 Å². The minimum Gasteiger partial charge on any atom is -0.455 e. The Morgan fingerprint density at radius 1 is 1.20 bits per heavy atom. The molecule has 0 aliphatic carbocycles. The Bertz CT molecular complexity index is 664. The molecule has 0 aliphatic heterocycles. The molecule has 0 spiro atoms. The van der Waals surface area contributed by atoms with Crippen LogP contribution in [-0.4, -0.2) is 4.92 Å². The van der Waals surface area contributed by atoms with Crippen LogP contribution in [0.5, 0.6) is 11.5 Å². The summed E-state index contributed by atoms with van der Waals surface area (Å²) in [4.78, 5) is 10.3. The smallest absolute Gasteiger partial charge is 0.275 e. The Hall–Kier alpha value is -2.02. The molecule has 3 N–H and O–H groups in total. The van der Waals surface area contributed by atoms with E-state index in [4.69, 9.17) is 33.8 Å². The Kier molecular flexibility index (Phi) is 4.29. The zero-order valence-electron chi connectivity index (χ0n) is 9.97. The van der Waals surface area contributed by atoms with Gasteiger partial charge in [0.15, 0.2) is 0 Å². The van der Waals surface area contributed by atoms with Crippen molar-refractivity contribution in [2.45, 2.75) is 0 Å². The average Bonchev–Trinajstić information content (AvgIpc) is 2.42. The third-order valence-electron chi connectivity index (χ3n) is 2.39. The van der Waals surface area contributed by atoms with Gasteiger partial charge in [-0.05, 0) is 12.1 Å². The number of non-ortho nitro benzene ring substituents is 1. The van der Waals surface area contributed by atoms with Crippen molar-refractivity contribution in [3.05, 3.63) is 56.6 Å². The second-order valence-corrected chi connectivity index (χ2v) is 4.64. The molecular weight excluding hydrogens is 305 g/mol. The highest BCUT2D eigenvalue weighted by Gasteiger charge is 2.12. The zero-order valence-corrected chi connectivity index (χ0v) is 11.5. The SMILES string of the molecule is NNc1cc(Oc2cc(Cl)ccc2Cl)cc([N+](=O)[O-])c1. The fraction of sp³-hybridized carbons (Fsp3) is 0. The summed E-state index contributed by atoms with van der Waals surface area (Å²) in [6.07, 6.45) is 0. The van der Waals surface area contributed by atoms with Gasteiger partial charge in [0, 0.05) is 23.2 Å². The highest BCUT2D eigenvalue weighted by Crippen LogP contribution is 2.34. The number of halogens is 2. The first-order chi connectivity index (χ1) is 9.49. The van der Waals surface area contributed by atoms with E-state index >= 15 is 0 Å². The van der Waals surface area contributed by atoms with Crippen LogP contribution in [0.25, 0.3) is 0 Å². The molecule has 0 atom stereocenters. The van der Waals surface area contributed by atoms with Gasteiger partial charge in [-0.3, -0.25) is 16.0 Å². The van der Waals surface area contributed by atoms with E-state index in [-0.39, 0.29) is 11.4 Å². The molecule has 0 radical (unpaired) electrons. The number of rotatable bonds is 4. The van der Waals surface area contributed by atoms with Gasteiger partial charge in [-0.1, -0.05) is 23.2 Å². The monoisotopic (exact) mass is 313 g/mol. The molecule has 0 aliphatic rings. The summed E-state index contributed by atoms with van der Waals surface area (Å²) in [5.74, 6) is 5.77. The maximum Gasteiger partial charge on any atom is 0.275 e. The number of nitro benzene ring substituents is 1. The molecule has 2 rings (SSSR count). The number of anilines is 1. The number of hydrogen-bond acceptors (Lipinski definition) is 5. The van der Waals surface area contributed by atoms with Crippen molar-refractivity contribution in [2.24, 2.45) is 5.84 Å². The second-order valence-electron chi connectivity index (χ2n) is 3.79. The van der Waals surface area contributed by atoms with Crippen LogP contribution in [0.2, 0.25) is 10.0 Å². The van der Waals surface area contributed by atoms with Gasteiger partial charge in [-0.15, -0.1) is 0 Å². The van der Waals surface area contributed by atoms with Crippen molar-refractivity contribution in [3.8, 4) is 11.5 Å². The van der Waals surface area contributed by atoms with Crippen LogP contribution < -0.4 is 16.0 Å². The average molecular weight is 314 g/mol. The predicted molar refractivity (Wildman–Crippen MR) is 77.4 cm³/mol. The summed E-state index contributed by atoms with van der Waals surface area (Å²) in [5.41, 5.74) is 2.51. The van der Waals surface area contributed by atoms with Crippen molar-refractivity contribution >= 4 is 34.6 Å². The number of nitrogens with two attached hydrogens (primary N) is 1. The van der Waals surface area contributed by atoms with E-state index in [0.29, 0.717) is 21.5 Å². The van der Waals surface area contributed by atoms with Crippen molar-refractivity contribution < 1.29 is 9.66 Å². The van der Waals surface area contributed by atoms with Gasteiger partial charge in [-0.25, -0.2) is 0 Å². The highest BCUT2D eigenvalue weighted by molar-refractivity contribution is 6.34. The van der Waals surface area contributed by atoms with Crippen LogP contribution in [0, 0.1) is 10.1 Å². The summed E-state index contributed by atoms with van der Waals surface area (Å²) in [5, 5.41) is 11.6. The number of benzene rings is 2. The summed E-state index contributed by atoms with van der Waals surface area (Å²) in [7, 11) is 0. The molecule has 0 fully saturated rings. The lowest BCUT2D eigenvalue weighted by Crippen LogP contribution is -2.07. The summed E-state index contributed by atoms with van der Waals surface area (Å²) >= 11 is 11.8. The molecule has 2 aromatic rings. The lowest BCUT2D eigenvalue weighted by Gasteiger charge is -2.09. The van der Waals surface area contributed by atoms with Gasteiger partial charge in [0.25, 0.3) is 5.69 Å². The van der Waals surface area contributed by atoms with Gasteiger partial charge in [0.2, 0.25) is 0 Å². The van der Waals surface area contributed by atoms with Crippen molar-refractivity contribution in [2.75, 3.05) is 5.43 Å². The topological polar surface area (TPSA) is 90.4 Å². The number of nitro groups is 1. The Morgan fingerprint density at radius 2 is 1.95 bits per heavy atom. The van der Waals surface area contributed by atoms with Crippen molar-refractivity contribution in [1.82, 2.24) is 0 Å². The molecular formula is C12H9Cl2N3O3. The van der Waals surface area contributed by atoms with Gasteiger partial charge < -0.3 is 10.2 Å². The van der Waals surface area contributed by atoms with E-state index in [0.717, 1.165) is 0 Å². The van der Waals surface area contributed by atoms with E-state index in [1.54, 1.807) is 12.1 Å². The highest BCUT2D eigenvalue weighted by atomic mass is 35.5. The number of nitrogen functional groups attached to an aromatic ring is 1. The van der Waals surface area contributed by atoms with Crippen LogP contribution in [-0.2, 0) is 0 Å². The van der Waals surface area contributed by atoms with E-state index in [2.05, 4.69) is 5.43 Å². The molecule has 0 amide bonds. The maximum atomic E-state index is 10.8. The number of ether oxygens (including phenoxy) is 1. The summed E-state index contributed by atoms with van der Waals surface area (Å²) < 4.78 is 5.51. The fourth-order valence-corrected chi connectivity index (χ4v) is 1.83. The number of nitrogens with one attached hydrogen (secondary N) is 1. The normalized spacial score (nSPS) is 10.2. The number of nitrogens with zero attached hydrogens (tertiary/aromatic N) is 1. The number of hydrogen-bond donors (Lipinski definition) is 2. The predicted octanol–water partition coefficient (Wildman–Crippen LogP) is 3.98. The summed E-state index contributed by atoms with van der Waals surface area (Å²) in [6, 6.07) is 8.74. The lowest BCUT2D eigenvalue weighted by molar-refractivity contribution is -0.384. The van der Waals surface area contributed by atoms with Crippen LogP contribution in [0.1, 0.15) is 0 Å². The Morgan fingerprint density at radius 3 is 2.60 bits per heavy atom. The van der Waals surface area contributed by atoms with Gasteiger partial charge in [0.1, 0.15) is 11.5 Å². The van der Waals surface area contributed by atoms with E-state index in [1.807, 2.05) is 0 Å². The number of hydrazine groups is 1. The molecule has 2 aromatic carbocycles. The first kappa shape index (κ1) is 14.4. The molecule has 0 aromatic heterocycles. The van der Waals surface area contributed by atoms with Crippen molar-refractivity contribution in [3.63, 3.8) is 0 Å². The Labute approximate surface area is 124 Å². The molecule has 0 bridgehead atoms. The van der Waals surface area contributed by atoms with Crippen LogP contribution in [0.4, 0.5) is 11.4 Å². The molecule has 6 nitrogen and oxygen atoms in total. The van der Waals surface area contributed by atoms with E-state index < -0.39 is 4.92 Å². The zero-order chi connectivity index (χ0) is 14.7. The molecule has 8 heteroatoms. The third kappa shape index (κ3) is 3.30. The molecule has 0 heterocycles. The Balaban J connectivity index is 2.39. The van der Waals surface area contributed by atoms with Crippen LogP contribution in [0.3, 0.4) is 0 Å². The van der Waals surface area contributed by atoms with Crippen molar-refractivity contribution in [1.29, 1.82) is 0 Å². The van der Waals surface area contributed by atoms with Gasteiger partial charge in [-0.2, -0.15) is 0 Å². The standard InChI is InChI=1S/C12H9Cl2N3O3/c13-7-1-2-11(14)12(3-7)20-10-5-8(16-15)4-9(6-10)17(18)19/h1-6,16H,15H2. The lowest BCUT2D eigenvalue weighted by atomic mass is 10.2. The fourth-order valence-electron chi connectivity index (χ4n) is 1.51. The maximum absolute atomic E-state index is 10.8. The van der Waals surface area contributed by atoms with Crippen LogP contribution in [0.15, 0.2) is 36.4 Å². The van der Waals surface area contributed by atoms with Crippen LogP contribution >= 0.6 is 23.2 Å². The second kappa shape index (κ2) is 5.96. The molecule has 0 unspecified atom stereocenters. The first-order valence-electron chi connectivity index (χ1n) is 5.38.